The Morgan fingerprint density at radius 3 is 2.52 bits per heavy atom. The van der Waals surface area contributed by atoms with Crippen LogP contribution in [0.4, 0.5) is 5.69 Å². The van der Waals surface area contributed by atoms with Crippen LogP contribution < -0.4 is 4.74 Å². The third-order valence-corrected chi connectivity index (χ3v) is 3.54. The Hall–Kier alpha value is -2.82. The van der Waals surface area contributed by atoms with E-state index in [2.05, 4.69) is 4.98 Å². The summed E-state index contributed by atoms with van der Waals surface area (Å²) in [5.74, 6) is 0.477. The number of methoxy groups -OCH3 is 1. The number of nitrogens with one attached hydrogen (secondary N) is 1. The van der Waals surface area contributed by atoms with E-state index in [9.17, 15) is 10.1 Å². The molecule has 1 heterocycles. The van der Waals surface area contributed by atoms with Gasteiger partial charge in [-0.3, -0.25) is 10.1 Å². The van der Waals surface area contributed by atoms with Crippen molar-refractivity contribution in [1.82, 2.24) is 4.98 Å². The number of fused-ring (bicyclic) bond motifs is 1. The third-order valence-electron chi connectivity index (χ3n) is 3.54. The number of ether oxygens (including phenoxy) is 1. The molecule has 0 unspecified atom stereocenters. The topological polar surface area (TPSA) is 68.2 Å². The van der Waals surface area contributed by atoms with E-state index in [-0.39, 0.29) is 5.69 Å². The molecule has 0 amide bonds. The molecule has 21 heavy (non-hydrogen) atoms. The molecule has 0 saturated heterocycles. The first-order valence-corrected chi connectivity index (χ1v) is 6.52. The van der Waals surface area contributed by atoms with Gasteiger partial charge in [-0.25, -0.2) is 0 Å². The molecule has 0 spiro atoms. The third kappa shape index (κ3) is 2.12. The van der Waals surface area contributed by atoms with Crippen LogP contribution in [-0.4, -0.2) is 17.0 Å². The molecule has 2 aromatic carbocycles. The van der Waals surface area contributed by atoms with Gasteiger partial charge in [-0.15, -0.1) is 0 Å². The zero-order valence-corrected chi connectivity index (χ0v) is 11.7. The predicted molar refractivity (Wildman–Crippen MR) is 81.7 cm³/mol. The summed E-state index contributed by atoms with van der Waals surface area (Å²) in [6.45, 7) is 1.92. The minimum absolute atomic E-state index is 0.0228. The van der Waals surface area contributed by atoms with Crippen molar-refractivity contribution in [1.29, 1.82) is 0 Å². The van der Waals surface area contributed by atoms with Crippen molar-refractivity contribution in [2.75, 3.05) is 7.11 Å². The number of aromatic nitrogens is 1. The molecule has 0 aliphatic carbocycles. The van der Waals surface area contributed by atoms with Crippen LogP contribution in [0.1, 0.15) is 5.69 Å². The lowest BCUT2D eigenvalue weighted by Crippen LogP contribution is -1.91. The van der Waals surface area contributed by atoms with Crippen molar-refractivity contribution in [3.8, 4) is 16.9 Å². The van der Waals surface area contributed by atoms with Gasteiger partial charge in [-0.1, -0.05) is 30.3 Å². The Balaban J connectivity index is 2.39. The molecule has 0 radical (unpaired) electrons. The number of H-pyrrole nitrogens is 1. The molecule has 0 aliphatic rings. The number of nitro benzene ring substituents is 1. The van der Waals surface area contributed by atoms with Crippen LogP contribution in [0.2, 0.25) is 0 Å². The summed E-state index contributed by atoms with van der Waals surface area (Å²) in [6.07, 6.45) is 0. The molecule has 0 bridgehead atoms. The van der Waals surface area contributed by atoms with E-state index in [1.54, 1.807) is 0 Å². The number of hydrogen-bond donors (Lipinski definition) is 1. The number of benzene rings is 2. The summed E-state index contributed by atoms with van der Waals surface area (Å²) < 4.78 is 5.19. The van der Waals surface area contributed by atoms with Crippen LogP contribution in [0, 0.1) is 17.0 Å². The highest BCUT2D eigenvalue weighted by atomic mass is 16.6. The van der Waals surface area contributed by atoms with Gasteiger partial charge in [-0.05, 0) is 18.6 Å². The predicted octanol–water partition coefficient (Wildman–Crippen LogP) is 4.06. The molecular weight excluding hydrogens is 268 g/mol. The van der Waals surface area contributed by atoms with Crippen LogP contribution in [0.15, 0.2) is 42.5 Å². The molecule has 1 aromatic heterocycles. The minimum Gasteiger partial charge on any atom is -0.496 e. The van der Waals surface area contributed by atoms with Crippen molar-refractivity contribution >= 4 is 16.6 Å². The van der Waals surface area contributed by atoms with Gasteiger partial charge in [-0.2, -0.15) is 0 Å². The fraction of sp³-hybridized carbons (Fsp3) is 0.125. The van der Waals surface area contributed by atoms with E-state index in [1.165, 1.54) is 13.2 Å². The highest BCUT2D eigenvalue weighted by Crippen LogP contribution is 2.38. The largest absolute Gasteiger partial charge is 0.496 e. The summed E-state index contributed by atoms with van der Waals surface area (Å²) in [5.41, 5.74) is 3.43. The van der Waals surface area contributed by atoms with Gasteiger partial charge in [0.1, 0.15) is 11.3 Å². The molecule has 0 aliphatic heterocycles. The van der Waals surface area contributed by atoms with Gasteiger partial charge in [0.05, 0.1) is 18.1 Å². The Morgan fingerprint density at radius 2 is 1.90 bits per heavy atom. The first-order chi connectivity index (χ1) is 10.1. The van der Waals surface area contributed by atoms with Crippen LogP contribution in [0.5, 0.6) is 5.75 Å². The van der Waals surface area contributed by atoms with Crippen LogP contribution >= 0.6 is 0 Å². The average molecular weight is 282 g/mol. The molecule has 106 valence electrons. The summed E-state index contributed by atoms with van der Waals surface area (Å²) in [4.78, 5) is 14.0. The second-order valence-electron chi connectivity index (χ2n) is 4.82. The average Bonchev–Trinajstić information content (AvgIpc) is 2.82. The Morgan fingerprint density at radius 1 is 1.19 bits per heavy atom. The SMILES string of the molecule is COc1cc([N+](=O)[O-])c2[nH]c(C)c(-c3ccccc3)c2c1. The summed E-state index contributed by atoms with van der Waals surface area (Å²) in [6, 6.07) is 13.1. The van der Waals surface area contributed by atoms with Crippen LogP contribution in [0.25, 0.3) is 22.0 Å². The number of non-ortho nitro benzene ring substituents is 1. The van der Waals surface area contributed by atoms with Crippen LogP contribution in [0.3, 0.4) is 0 Å². The Labute approximate surface area is 121 Å². The fourth-order valence-corrected chi connectivity index (χ4v) is 2.62. The molecule has 3 aromatic rings. The van der Waals surface area contributed by atoms with E-state index in [1.807, 2.05) is 43.3 Å². The monoisotopic (exact) mass is 282 g/mol. The number of hydrogen-bond acceptors (Lipinski definition) is 3. The standard InChI is InChI=1S/C16H14N2O3/c1-10-15(11-6-4-3-5-7-11)13-8-12(21-2)9-14(18(19)20)16(13)17-10/h3-9,17H,1-2H3. The number of nitro groups is 1. The quantitative estimate of drug-likeness (QED) is 0.581. The highest BCUT2D eigenvalue weighted by Gasteiger charge is 2.20. The van der Waals surface area contributed by atoms with Crippen molar-refractivity contribution < 1.29 is 9.66 Å². The first kappa shape index (κ1) is 13.2. The Bertz CT molecular complexity index is 822. The number of aromatic amines is 1. The summed E-state index contributed by atoms with van der Waals surface area (Å²) >= 11 is 0. The molecule has 0 fully saturated rings. The van der Waals surface area contributed by atoms with Gasteiger partial charge in [0.2, 0.25) is 0 Å². The molecule has 5 heteroatoms. The zero-order valence-electron chi connectivity index (χ0n) is 11.7. The molecule has 5 nitrogen and oxygen atoms in total. The van der Waals surface area contributed by atoms with Crippen molar-refractivity contribution in [2.45, 2.75) is 6.92 Å². The van der Waals surface area contributed by atoms with Crippen LogP contribution in [-0.2, 0) is 0 Å². The lowest BCUT2D eigenvalue weighted by atomic mass is 10.0. The molecular formula is C16H14N2O3. The van der Waals surface area contributed by atoms with E-state index < -0.39 is 4.92 Å². The fourth-order valence-electron chi connectivity index (χ4n) is 2.62. The number of aryl methyl sites for hydroxylation is 1. The molecule has 0 atom stereocenters. The maximum atomic E-state index is 11.3. The first-order valence-electron chi connectivity index (χ1n) is 6.52. The van der Waals surface area contributed by atoms with Crippen molar-refractivity contribution in [2.24, 2.45) is 0 Å². The molecule has 3 rings (SSSR count). The van der Waals surface area contributed by atoms with Gasteiger partial charge in [0.25, 0.3) is 5.69 Å². The minimum atomic E-state index is -0.393. The highest BCUT2D eigenvalue weighted by molar-refractivity contribution is 6.02. The normalized spacial score (nSPS) is 10.8. The molecule has 0 saturated carbocycles. The summed E-state index contributed by atoms with van der Waals surface area (Å²) in [7, 11) is 1.51. The Kier molecular flexibility index (Phi) is 3.10. The maximum absolute atomic E-state index is 11.3. The maximum Gasteiger partial charge on any atom is 0.297 e. The second kappa shape index (κ2) is 4.94. The van der Waals surface area contributed by atoms with E-state index in [0.717, 1.165) is 22.2 Å². The van der Waals surface area contributed by atoms with Gasteiger partial charge in [0.15, 0.2) is 0 Å². The lowest BCUT2D eigenvalue weighted by Gasteiger charge is -2.04. The van der Waals surface area contributed by atoms with Gasteiger partial charge >= 0.3 is 0 Å². The van der Waals surface area contributed by atoms with E-state index in [4.69, 9.17) is 4.74 Å². The van der Waals surface area contributed by atoms with E-state index >= 15 is 0 Å². The van der Waals surface area contributed by atoms with E-state index in [0.29, 0.717) is 11.3 Å². The summed E-state index contributed by atoms with van der Waals surface area (Å²) in [5, 5.41) is 12.1. The van der Waals surface area contributed by atoms with Crippen molar-refractivity contribution in [3.05, 3.63) is 58.3 Å². The zero-order chi connectivity index (χ0) is 15.0. The number of rotatable bonds is 3. The second-order valence-corrected chi connectivity index (χ2v) is 4.82. The molecule has 1 N–H and O–H groups in total. The van der Waals surface area contributed by atoms with Gasteiger partial charge in [0, 0.05) is 16.6 Å². The number of nitrogens with zero attached hydrogens (tertiary/aromatic N) is 1. The smallest absolute Gasteiger partial charge is 0.297 e. The van der Waals surface area contributed by atoms with Gasteiger partial charge < -0.3 is 9.72 Å². The lowest BCUT2D eigenvalue weighted by molar-refractivity contribution is -0.383. The van der Waals surface area contributed by atoms with Crippen molar-refractivity contribution in [3.63, 3.8) is 0 Å².